The predicted molar refractivity (Wildman–Crippen MR) is 347 cm³/mol. The molecule has 10 aromatic rings. The highest BCUT2D eigenvalue weighted by Crippen LogP contribution is 2.49. The van der Waals surface area contributed by atoms with Crippen molar-refractivity contribution in [1.29, 1.82) is 0 Å². The molecule has 6 amide bonds. The topological polar surface area (TPSA) is 410 Å². The molecule has 33 heteroatoms. The van der Waals surface area contributed by atoms with Crippen molar-refractivity contribution in [2.24, 2.45) is 0 Å². The number of urea groups is 1. The highest BCUT2D eigenvalue weighted by atomic mass is 35.5. The minimum absolute atomic E-state index is 0.113. The van der Waals surface area contributed by atoms with E-state index >= 15 is 0 Å². The number of aromatic nitrogens is 2. The number of nitrogens with zero attached hydrogens (tertiary/aromatic N) is 4. The Bertz CT molecular complexity index is 4640. The van der Waals surface area contributed by atoms with Crippen molar-refractivity contribution in [2.45, 2.75) is 25.0 Å². The second kappa shape index (κ2) is 25.5. The molecule has 0 saturated carbocycles. The number of anilines is 6. The molecule has 4 heterocycles. The summed E-state index contributed by atoms with van der Waals surface area (Å²) in [6.45, 7) is -0.610. The highest BCUT2D eigenvalue weighted by Gasteiger charge is 2.38. The number of hydrogen-bond donors (Lipinski definition) is 10. The standard InChI is InChI=1S/C61H48Cl2N10O19P2/c62-25-35-27-70(51-23-45(39-5-1-3-7-41(39)55(35)51)68-60(77)89-29-31-9-15-49(72(79)80)53(17-31)91-93(83,84)85)57(74)47-21-33-19-37(11-13-43(33)66-47)64-59(76)65-38-12-14-44-34(20-38)22-48(67-44)58(75)71-28-36(26-63)56-42-8-4-2-6-40(42)46(24-52(56)71)69-61(78)90-30-32-10-16-50(73(81)82)54(18-32)92-94(86,87)88/h1-24,35-36,66-67H,25-30H2,(H,68,77)(H,69,78)(H2,64,65,76)(H2,83,84,85)(H2,86,87,88). The van der Waals surface area contributed by atoms with Crippen LogP contribution in [-0.4, -0.2) is 94.3 Å². The molecule has 2 atom stereocenters. The van der Waals surface area contributed by atoms with Gasteiger partial charge >= 0.3 is 45.2 Å². The number of alkyl halides is 2. The van der Waals surface area contributed by atoms with Crippen molar-refractivity contribution in [3.63, 3.8) is 0 Å². The van der Waals surface area contributed by atoms with Gasteiger partial charge in [0.25, 0.3) is 11.8 Å². The highest BCUT2D eigenvalue weighted by molar-refractivity contribution is 7.47. The second-order valence-corrected chi connectivity index (χ2v) is 24.5. The van der Waals surface area contributed by atoms with E-state index in [1.165, 1.54) is 21.9 Å². The van der Waals surface area contributed by atoms with Crippen molar-refractivity contribution >= 4 is 158 Å². The third-order valence-electron chi connectivity index (χ3n) is 15.5. The lowest BCUT2D eigenvalue weighted by atomic mass is 9.95. The van der Waals surface area contributed by atoms with Gasteiger partial charge in [0.05, 0.1) is 32.6 Å². The maximum absolute atomic E-state index is 14.6. The molecule has 10 N–H and O–H groups in total. The molecule has 0 fully saturated rings. The van der Waals surface area contributed by atoms with Crippen LogP contribution in [0, 0.1) is 20.2 Å². The fourth-order valence-electron chi connectivity index (χ4n) is 11.6. The van der Waals surface area contributed by atoms with Gasteiger partial charge in [-0.2, -0.15) is 0 Å². The molecule has 0 spiro atoms. The Labute approximate surface area is 538 Å². The molecule has 8 aromatic carbocycles. The number of phosphoric acid groups is 2. The largest absolute Gasteiger partial charge is 0.525 e. The van der Waals surface area contributed by atoms with Crippen LogP contribution in [0.3, 0.4) is 0 Å². The van der Waals surface area contributed by atoms with Crippen molar-refractivity contribution in [3.05, 3.63) is 199 Å². The van der Waals surface area contributed by atoms with Gasteiger partial charge in [-0.25, -0.2) is 23.5 Å². The number of ether oxygens (including phenoxy) is 2. The Balaban J connectivity index is 0.714. The van der Waals surface area contributed by atoms with Gasteiger partial charge in [0.15, 0.2) is 0 Å². The zero-order chi connectivity index (χ0) is 66.5. The summed E-state index contributed by atoms with van der Waals surface area (Å²) in [6.07, 6.45) is -1.93. The van der Waals surface area contributed by atoms with Crippen molar-refractivity contribution in [1.82, 2.24) is 9.97 Å². The zero-order valence-corrected chi connectivity index (χ0v) is 51.4. The van der Waals surface area contributed by atoms with Gasteiger partial charge < -0.3 is 48.9 Å². The van der Waals surface area contributed by atoms with E-state index in [2.05, 4.69) is 40.3 Å². The fraction of sp³-hybridized carbons (Fsp3) is 0.131. The predicted octanol–water partition coefficient (Wildman–Crippen LogP) is 12.8. The number of amides is 6. The van der Waals surface area contributed by atoms with Gasteiger partial charge in [-0.1, -0.05) is 48.5 Å². The van der Waals surface area contributed by atoms with Crippen LogP contribution in [0.25, 0.3) is 43.4 Å². The number of phosphoric ester groups is 2. The van der Waals surface area contributed by atoms with E-state index in [1.807, 2.05) is 12.1 Å². The van der Waals surface area contributed by atoms with Gasteiger partial charge in [0.1, 0.15) is 24.6 Å². The molecule has 29 nitrogen and oxygen atoms in total. The van der Waals surface area contributed by atoms with E-state index in [0.717, 1.165) is 35.4 Å². The zero-order valence-electron chi connectivity index (χ0n) is 48.1. The van der Waals surface area contributed by atoms with Crippen molar-refractivity contribution in [2.75, 3.05) is 55.9 Å². The Morgan fingerprint density at radius 1 is 0.532 bits per heavy atom. The summed E-state index contributed by atoms with van der Waals surface area (Å²) in [4.78, 5) is 137. The van der Waals surface area contributed by atoms with E-state index in [0.29, 0.717) is 66.1 Å². The Kier molecular flexibility index (Phi) is 17.2. The first-order valence-electron chi connectivity index (χ1n) is 28.0. The monoisotopic (exact) mass is 1360 g/mol. The van der Waals surface area contributed by atoms with Crippen LogP contribution in [0.15, 0.2) is 146 Å². The number of nitro benzene ring substituents is 2. The fourth-order valence-corrected chi connectivity index (χ4v) is 12.9. The minimum atomic E-state index is -5.19. The van der Waals surface area contributed by atoms with Crippen LogP contribution in [0.5, 0.6) is 11.5 Å². The van der Waals surface area contributed by atoms with Gasteiger partial charge in [-0.05, 0) is 118 Å². The first kappa shape index (κ1) is 63.5. The minimum Gasteiger partial charge on any atom is -0.444 e. The number of benzene rings is 8. The maximum Gasteiger partial charge on any atom is 0.525 e. The van der Waals surface area contributed by atoms with Gasteiger partial charge in [-0.15, -0.1) is 23.2 Å². The number of nitro groups is 2. The number of nitrogens with one attached hydrogen (secondary N) is 6. The van der Waals surface area contributed by atoms with Crippen LogP contribution in [0.4, 0.5) is 59.9 Å². The lowest BCUT2D eigenvalue weighted by molar-refractivity contribution is -0.385. The van der Waals surface area contributed by atoms with Crippen molar-refractivity contribution < 1.29 is 81.0 Å². The van der Waals surface area contributed by atoms with Gasteiger partial charge in [-0.3, -0.25) is 60.0 Å². The number of halogens is 2. The summed E-state index contributed by atoms with van der Waals surface area (Å²) >= 11 is 13.1. The van der Waals surface area contributed by atoms with Crippen molar-refractivity contribution in [3.8, 4) is 11.5 Å². The number of aromatic amines is 2. The average molecular weight is 1360 g/mol. The van der Waals surface area contributed by atoms with Gasteiger partial charge in [0, 0.05) is 92.8 Å². The first-order chi connectivity index (χ1) is 44.9. The quantitative estimate of drug-likeness (QED) is 0.0165. The Morgan fingerprint density at radius 2 is 0.926 bits per heavy atom. The summed E-state index contributed by atoms with van der Waals surface area (Å²) < 4.78 is 42.8. The van der Waals surface area contributed by atoms with E-state index in [9.17, 15) is 72.9 Å². The van der Waals surface area contributed by atoms with Crippen LogP contribution >= 0.6 is 38.8 Å². The molecular weight excluding hydrogens is 1310 g/mol. The third kappa shape index (κ3) is 13.2. The van der Waals surface area contributed by atoms with E-state index < -0.39 is 91.6 Å². The summed E-state index contributed by atoms with van der Waals surface area (Å²) in [7, 11) is -10.4. The van der Waals surface area contributed by atoms with Crippen LogP contribution < -0.4 is 40.1 Å². The molecular formula is C61H48Cl2N10O19P2. The molecule has 0 saturated heterocycles. The molecule has 0 aliphatic carbocycles. The summed E-state index contributed by atoms with van der Waals surface area (Å²) in [5, 5.41) is 37.7. The van der Waals surface area contributed by atoms with E-state index in [-0.39, 0.29) is 70.6 Å². The van der Waals surface area contributed by atoms with Crippen LogP contribution in [0.2, 0.25) is 0 Å². The van der Waals surface area contributed by atoms with E-state index in [4.69, 9.17) is 32.7 Å². The molecule has 0 radical (unpaired) electrons. The summed E-state index contributed by atoms with van der Waals surface area (Å²) in [6, 6.07) is 36.5. The number of hydrogen-bond acceptors (Lipinski definition) is 15. The molecule has 2 aliphatic heterocycles. The molecule has 480 valence electrons. The summed E-state index contributed by atoms with van der Waals surface area (Å²) in [5.41, 5.74) is 4.05. The molecule has 94 heavy (non-hydrogen) atoms. The number of carbonyl (C=O) groups is 5. The maximum atomic E-state index is 14.6. The Hall–Kier alpha value is -10.6. The molecule has 0 bridgehead atoms. The van der Waals surface area contributed by atoms with Crippen LogP contribution in [0.1, 0.15) is 55.1 Å². The smallest absolute Gasteiger partial charge is 0.444 e. The molecule has 2 unspecified atom stereocenters. The average Bonchev–Trinajstić information content (AvgIpc) is 1.57. The molecule has 12 rings (SSSR count). The second-order valence-electron chi connectivity index (χ2n) is 21.6. The number of fused-ring (bicyclic) bond motifs is 8. The molecule has 2 aromatic heterocycles. The van der Waals surface area contributed by atoms with E-state index in [1.54, 1.807) is 97.1 Å². The van der Waals surface area contributed by atoms with Gasteiger partial charge in [0.2, 0.25) is 11.5 Å². The number of H-pyrrole nitrogens is 2. The van der Waals surface area contributed by atoms with Crippen LogP contribution in [-0.2, 0) is 31.8 Å². The normalized spacial score (nSPS) is 14.4. The first-order valence-corrected chi connectivity index (χ1v) is 32.1. The number of rotatable bonds is 18. The SMILES string of the molecule is O=C(Nc1ccc2[nH]c(C(=O)N3CC(CCl)c4c3cc(NC(=O)OCc3ccc([N+](=O)[O-])c(OP(=O)(O)O)c3)c3ccccc43)cc2c1)Nc1ccc2[nH]c(C(=O)N3CC(CCl)c4c3cc(NC(=O)OCc3ccc([N+](=O)[O-])c(OP(=O)(O)O)c3)c3ccccc43)cc2c1. The molecule has 2 aliphatic rings. The lowest BCUT2D eigenvalue weighted by Gasteiger charge is -2.19. The Morgan fingerprint density at radius 3 is 1.30 bits per heavy atom. The third-order valence-corrected chi connectivity index (χ3v) is 17.1. The summed E-state index contributed by atoms with van der Waals surface area (Å²) in [5.74, 6) is -2.68. The lowest BCUT2D eigenvalue weighted by Crippen LogP contribution is -2.30. The number of carbonyl (C=O) groups excluding carboxylic acids is 5.